The highest BCUT2D eigenvalue weighted by Crippen LogP contribution is 2.23. The third-order valence-electron chi connectivity index (χ3n) is 2.99. The normalized spacial score (nSPS) is 13.0. The molecule has 1 amide bonds. The molecule has 0 bridgehead atoms. The molecule has 0 spiro atoms. The Bertz CT molecular complexity index is 544. The van der Waals surface area contributed by atoms with E-state index in [0.717, 1.165) is 22.2 Å². The van der Waals surface area contributed by atoms with Gasteiger partial charge in [-0.15, -0.1) is 11.8 Å². The molecule has 0 fully saturated rings. The summed E-state index contributed by atoms with van der Waals surface area (Å²) in [5.41, 5.74) is 1.13. The Labute approximate surface area is 136 Å². The number of carbonyl (C=O) groups excluding carboxylic acids is 1. The fraction of sp³-hybridized carbons (Fsp3) is 0.467. The van der Waals surface area contributed by atoms with Crippen LogP contribution in [0.5, 0.6) is 0 Å². The molecule has 1 rings (SSSR count). The summed E-state index contributed by atoms with van der Waals surface area (Å²) in [6, 6.07) is 5.49. The van der Waals surface area contributed by atoms with Gasteiger partial charge in [0.1, 0.15) is 6.04 Å². The third kappa shape index (κ3) is 7.40. The summed E-state index contributed by atoms with van der Waals surface area (Å²) in [6.45, 7) is 4.09. The Morgan fingerprint density at radius 1 is 1.22 bits per heavy atom. The molecule has 2 N–H and O–H groups in total. The number of carbonyl (C=O) groups is 2. The number of carboxylic acid groups (broad SMARTS) is 1. The first-order chi connectivity index (χ1) is 10.6. The van der Waals surface area contributed by atoms with Crippen molar-refractivity contribution in [3.8, 4) is 0 Å². The zero-order chi connectivity index (χ0) is 17.6. The van der Waals surface area contributed by atoms with Gasteiger partial charge in [-0.1, -0.05) is 26.0 Å². The quantitative estimate of drug-likeness (QED) is 0.740. The van der Waals surface area contributed by atoms with Crippen molar-refractivity contribution in [2.45, 2.75) is 43.3 Å². The van der Waals surface area contributed by atoms with Gasteiger partial charge < -0.3 is 10.4 Å². The van der Waals surface area contributed by atoms with E-state index in [2.05, 4.69) is 0 Å². The minimum absolute atomic E-state index is 0.150. The highest BCUT2D eigenvalue weighted by Gasteiger charge is 2.36. The lowest BCUT2D eigenvalue weighted by Gasteiger charge is -2.16. The van der Waals surface area contributed by atoms with E-state index in [-0.39, 0.29) is 5.75 Å². The van der Waals surface area contributed by atoms with Crippen LogP contribution in [0.4, 0.5) is 13.2 Å². The van der Waals surface area contributed by atoms with Gasteiger partial charge in [0.05, 0.1) is 12.2 Å². The van der Waals surface area contributed by atoms with Crippen LogP contribution in [0, 0.1) is 0 Å². The van der Waals surface area contributed by atoms with E-state index in [4.69, 9.17) is 5.11 Å². The van der Waals surface area contributed by atoms with Crippen LogP contribution < -0.4 is 5.32 Å². The summed E-state index contributed by atoms with van der Waals surface area (Å²) >= 11 is 1.13. The van der Waals surface area contributed by atoms with E-state index in [1.807, 2.05) is 43.4 Å². The molecule has 0 saturated carbocycles. The zero-order valence-electron chi connectivity index (χ0n) is 12.7. The van der Waals surface area contributed by atoms with Crippen LogP contribution in [-0.2, 0) is 9.59 Å². The monoisotopic (exact) mass is 349 g/mol. The lowest BCUT2D eigenvalue weighted by Crippen LogP contribution is -2.44. The molecule has 1 unspecified atom stereocenters. The topological polar surface area (TPSA) is 66.4 Å². The molecule has 0 aliphatic carbocycles. The largest absolute Gasteiger partial charge is 0.480 e. The van der Waals surface area contributed by atoms with Gasteiger partial charge in [-0.05, 0) is 23.6 Å². The average molecular weight is 349 g/mol. The van der Waals surface area contributed by atoms with Gasteiger partial charge in [0.25, 0.3) is 0 Å². The predicted molar refractivity (Wildman–Crippen MR) is 81.5 cm³/mol. The van der Waals surface area contributed by atoms with E-state index in [0.29, 0.717) is 5.92 Å². The molecular formula is C15H18F3NO3S. The summed E-state index contributed by atoms with van der Waals surface area (Å²) in [5, 5.41) is 10.6. The molecule has 0 aromatic heterocycles. The van der Waals surface area contributed by atoms with Crippen molar-refractivity contribution in [2.75, 3.05) is 5.75 Å². The fourth-order valence-corrected chi connectivity index (χ4v) is 2.47. The van der Waals surface area contributed by atoms with Gasteiger partial charge in [-0.3, -0.25) is 4.79 Å². The fourth-order valence-electron chi connectivity index (χ4n) is 1.77. The molecule has 0 aliphatic rings. The van der Waals surface area contributed by atoms with Crippen molar-refractivity contribution >= 4 is 23.6 Å². The van der Waals surface area contributed by atoms with E-state index < -0.39 is 30.5 Å². The van der Waals surface area contributed by atoms with E-state index in [1.54, 1.807) is 0 Å². The van der Waals surface area contributed by atoms with Gasteiger partial charge in [-0.25, -0.2) is 4.79 Å². The number of halogens is 3. The Hall–Kier alpha value is -1.70. The molecular weight excluding hydrogens is 331 g/mol. The number of benzene rings is 1. The minimum atomic E-state index is -4.66. The average Bonchev–Trinajstić information content (AvgIpc) is 2.43. The maximum absolute atomic E-state index is 12.3. The van der Waals surface area contributed by atoms with Crippen molar-refractivity contribution in [1.82, 2.24) is 5.32 Å². The van der Waals surface area contributed by atoms with Crippen LogP contribution in [0.15, 0.2) is 29.2 Å². The Balaban J connectivity index is 2.53. The van der Waals surface area contributed by atoms with Crippen LogP contribution in [0.3, 0.4) is 0 Å². The summed E-state index contributed by atoms with van der Waals surface area (Å²) in [5.74, 6) is -2.24. The van der Waals surface area contributed by atoms with Crippen LogP contribution >= 0.6 is 11.8 Å². The van der Waals surface area contributed by atoms with E-state index in [1.165, 1.54) is 0 Å². The first-order valence-corrected chi connectivity index (χ1v) is 7.88. The molecule has 0 heterocycles. The minimum Gasteiger partial charge on any atom is -0.480 e. The summed E-state index contributed by atoms with van der Waals surface area (Å²) in [6.07, 6.45) is -6.25. The van der Waals surface area contributed by atoms with Crippen molar-refractivity contribution in [3.05, 3.63) is 29.8 Å². The van der Waals surface area contributed by atoms with Crippen molar-refractivity contribution < 1.29 is 27.9 Å². The number of nitrogens with one attached hydrogen (secondary N) is 1. The number of aliphatic carboxylic acids is 1. The number of amides is 1. The summed E-state index contributed by atoms with van der Waals surface area (Å²) in [7, 11) is 0. The molecule has 0 aliphatic heterocycles. The number of rotatable bonds is 7. The predicted octanol–water partition coefficient (Wildman–Crippen LogP) is 3.42. The lowest BCUT2D eigenvalue weighted by molar-refractivity contribution is -0.159. The number of thioether (sulfide) groups is 1. The summed E-state index contributed by atoms with van der Waals surface area (Å²) in [4.78, 5) is 23.2. The lowest BCUT2D eigenvalue weighted by atomic mass is 10.0. The summed E-state index contributed by atoms with van der Waals surface area (Å²) < 4.78 is 36.8. The maximum atomic E-state index is 12.3. The number of hydrogen-bond acceptors (Lipinski definition) is 3. The van der Waals surface area contributed by atoms with Crippen molar-refractivity contribution in [3.63, 3.8) is 0 Å². The second kappa shape index (κ2) is 8.24. The van der Waals surface area contributed by atoms with E-state index >= 15 is 0 Å². The Morgan fingerprint density at radius 3 is 2.22 bits per heavy atom. The first-order valence-electron chi connectivity index (χ1n) is 6.90. The first kappa shape index (κ1) is 19.3. The van der Waals surface area contributed by atoms with Crippen molar-refractivity contribution in [1.29, 1.82) is 0 Å². The van der Waals surface area contributed by atoms with Crippen LogP contribution in [-0.4, -0.2) is 35.0 Å². The second-order valence-corrected chi connectivity index (χ2v) is 6.34. The van der Waals surface area contributed by atoms with Gasteiger partial charge in [0.2, 0.25) is 5.91 Å². The van der Waals surface area contributed by atoms with Crippen molar-refractivity contribution in [2.24, 2.45) is 0 Å². The Kier molecular flexibility index (Phi) is 6.93. The van der Waals surface area contributed by atoms with Crippen LogP contribution in [0.2, 0.25) is 0 Å². The van der Waals surface area contributed by atoms with Gasteiger partial charge in [0.15, 0.2) is 0 Å². The van der Waals surface area contributed by atoms with E-state index in [9.17, 15) is 22.8 Å². The van der Waals surface area contributed by atoms with Gasteiger partial charge in [0, 0.05) is 4.90 Å². The standard InChI is InChI=1S/C15H18F3NO3S/c1-9(2)10-3-5-11(6-4-10)23-8-13(20)19-12(14(21)22)7-15(16,17)18/h3-6,9,12H,7-8H2,1-2H3,(H,19,20)(H,21,22). The number of carboxylic acids is 1. The molecule has 1 aromatic carbocycles. The van der Waals surface area contributed by atoms with Gasteiger partial charge in [-0.2, -0.15) is 13.2 Å². The number of hydrogen-bond donors (Lipinski definition) is 2. The molecule has 1 aromatic rings. The Morgan fingerprint density at radius 2 is 1.78 bits per heavy atom. The SMILES string of the molecule is CC(C)c1ccc(SCC(=O)NC(CC(F)(F)F)C(=O)O)cc1. The highest BCUT2D eigenvalue weighted by molar-refractivity contribution is 8.00. The molecule has 8 heteroatoms. The third-order valence-corrected chi connectivity index (χ3v) is 4.00. The number of alkyl halides is 3. The maximum Gasteiger partial charge on any atom is 0.391 e. The van der Waals surface area contributed by atoms with Crippen LogP contribution in [0.25, 0.3) is 0 Å². The molecule has 23 heavy (non-hydrogen) atoms. The molecule has 0 saturated heterocycles. The molecule has 4 nitrogen and oxygen atoms in total. The highest BCUT2D eigenvalue weighted by atomic mass is 32.2. The second-order valence-electron chi connectivity index (χ2n) is 5.29. The molecule has 1 atom stereocenters. The molecule has 0 radical (unpaired) electrons. The van der Waals surface area contributed by atoms with Gasteiger partial charge >= 0.3 is 12.1 Å². The molecule has 128 valence electrons. The zero-order valence-corrected chi connectivity index (χ0v) is 13.5. The van der Waals surface area contributed by atoms with Crippen LogP contribution in [0.1, 0.15) is 31.7 Å². The smallest absolute Gasteiger partial charge is 0.391 e.